The van der Waals surface area contributed by atoms with Crippen molar-refractivity contribution in [1.29, 1.82) is 0 Å². The van der Waals surface area contributed by atoms with Gasteiger partial charge in [-0.2, -0.15) is 13.2 Å². The van der Waals surface area contributed by atoms with Gasteiger partial charge in [0.05, 0.1) is 10.9 Å². The number of carbonyl (C=O) groups excluding carboxylic acids is 1. The average Bonchev–Trinajstić information content (AvgIpc) is 1.95. The normalized spacial score (nSPS) is 15.1. The van der Waals surface area contributed by atoms with Gasteiger partial charge < -0.3 is 10.4 Å². The zero-order valence-corrected chi connectivity index (χ0v) is 9.24. The Morgan fingerprint density at radius 1 is 1.50 bits per heavy atom. The molecular weight excluding hydrogens is 267 g/mol. The first kappa shape index (κ1) is 13.7. The van der Waals surface area contributed by atoms with Crippen molar-refractivity contribution < 1.29 is 23.1 Å². The molecule has 0 rings (SSSR count). The van der Waals surface area contributed by atoms with Crippen LogP contribution < -0.4 is 5.32 Å². The van der Waals surface area contributed by atoms with Crippen LogP contribution >= 0.6 is 15.9 Å². The summed E-state index contributed by atoms with van der Waals surface area (Å²) in [6, 6.07) is 0. The van der Waals surface area contributed by atoms with Gasteiger partial charge in [0.2, 0.25) is 5.91 Å². The van der Waals surface area contributed by atoms with Gasteiger partial charge in [0, 0.05) is 0 Å². The van der Waals surface area contributed by atoms with Crippen molar-refractivity contribution in [3.63, 3.8) is 0 Å². The molecule has 84 valence electrons. The van der Waals surface area contributed by atoms with Crippen LogP contribution in [0.25, 0.3) is 0 Å². The molecule has 0 fully saturated rings. The molecule has 0 aromatic heterocycles. The van der Waals surface area contributed by atoms with Crippen LogP contribution in [-0.4, -0.2) is 34.2 Å². The molecule has 0 spiro atoms. The smallest absolute Gasteiger partial charge is 0.382 e. The Kier molecular flexibility index (Phi) is 4.38. The van der Waals surface area contributed by atoms with E-state index in [9.17, 15) is 18.0 Å². The highest BCUT2D eigenvalue weighted by Gasteiger charge is 2.38. The first-order valence-corrected chi connectivity index (χ1v) is 4.56. The molecule has 0 radical (unpaired) electrons. The molecule has 0 saturated carbocycles. The summed E-state index contributed by atoms with van der Waals surface area (Å²) in [6.07, 6.45) is -7.23. The Bertz CT molecular complexity index is 212. The van der Waals surface area contributed by atoms with E-state index in [1.54, 1.807) is 0 Å². The van der Waals surface area contributed by atoms with Gasteiger partial charge in [-0.15, -0.1) is 0 Å². The quantitative estimate of drug-likeness (QED) is 0.762. The summed E-state index contributed by atoms with van der Waals surface area (Å²) in [5.41, 5.74) is 0. The highest BCUT2D eigenvalue weighted by molar-refractivity contribution is 9.10. The number of rotatable bonds is 3. The largest absolute Gasteiger partial charge is 0.416 e. The van der Waals surface area contributed by atoms with Crippen molar-refractivity contribution in [3.05, 3.63) is 0 Å². The van der Waals surface area contributed by atoms with Crippen molar-refractivity contribution in [1.82, 2.24) is 5.32 Å². The monoisotopic (exact) mass is 277 g/mol. The van der Waals surface area contributed by atoms with E-state index >= 15 is 0 Å². The van der Waals surface area contributed by atoms with Crippen LogP contribution in [0, 0.1) is 0 Å². The van der Waals surface area contributed by atoms with Gasteiger partial charge in [0.1, 0.15) is 0 Å². The van der Waals surface area contributed by atoms with Crippen molar-refractivity contribution in [2.75, 3.05) is 6.54 Å². The minimum atomic E-state index is -4.70. The van der Waals surface area contributed by atoms with Crippen molar-refractivity contribution in [2.45, 2.75) is 30.5 Å². The van der Waals surface area contributed by atoms with Gasteiger partial charge >= 0.3 is 6.18 Å². The maximum Gasteiger partial charge on any atom is 0.416 e. The molecule has 1 amide bonds. The third-order valence-corrected chi connectivity index (χ3v) is 1.73. The van der Waals surface area contributed by atoms with Crippen LogP contribution in [-0.2, 0) is 4.79 Å². The van der Waals surface area contributed by atoms with E-state index in [2.05, 4.69) is 15.9 Å². The lowest BCUT2D eigenvalue weighted by molar-refractivity contribution is -0.201. The lowest BCUT2D eigenvalue weighted by atomic mass is 10.2. The van der Waals surface area contributed by atoms with Crippen LogP contribution in [0.1, 0.15) is 13.8 Å². The van der Waals surface area contributed by atoms with E-state index in [1.807, 2.05) is 5.32 Å². The summed E-state index contributed by atoms with van der Waals surface area (Å²) in [7, 11) is 0. The van der Waals surface area contributed by atoms with Gasteiger partial charge in [-0.25, -0.2) is 0 Å². The van der Waals surface area contributed by atoms with Crippen LogP contribution in [0.3, 0.4) is 0 Å². The van der Waals surface area contributed by atoms with Crippen molar-refractivity contribution >= 4 is 21.8 Å². The summed E-state index contributed by atoms with van der Waals surface area (Å²) in [6.45, 7) is 2.14. The Balaban J connectivity index is 4.03. The maximum absolute atomic E-state index is 11.8. The van der Waals surface area contributed by atoms with Crippen LogP contribution in [0.5, 0.6) is 0 Å². The van der Waals surface area contributed by atoms with Crippen LogP contribution in [0.4, 0.5) is 13.2 Å². The van der Waals surface area contributed by atoms with E-state index in [0.29, 0.717) is 0 Å². The molecule has 0 heterocycles. The van der Waals surface area contributed by atoms with Gasteiger partial charge in [0.15, 0.2) is 6.10 Å². The third-order valence-electron chi connectivity index (χ3n) is 1.37. The second kappa shape index (κ2) is 4.48. The number of carbonyl (C=O) groups is 1. The van der Waals surface area contributed by atoms with Gasteiger partial charge in [-0.1, -0.05) is 15.9 Å². The molecule has 1 atom stereocenters. The molecular formula is C7H11BrF3NO2. The number of halogens is 4. The summed E-state index contributed by atoms with van der Waals surface area (Å²) < 4.78 is 34.4. The van der Waals surface area contributed by atoms with Crippen LogP contribution in [0.15, 0.2) is 0 Å². The number of nitrogens with one attached hydrogen (secondary N) is 1. The van der Waals surface area contributed by atoms with Crippen LogP contribution in [0.2, 0.25) is 0 Å². The van der Waals surface area contributed by atoms with E-state index in [4.69, 9.17) is 5.11 Å². The number of aliphatic hydroxyl groups excluding tert-OH is 1. The zero-order valence-electron chi connectivity index (χ0n) is 7.65. The second-order valence-corrected chi connectivity index (χ2v) is 5.22. The molecule has 0 aromatic carbocycles. The Hall–Kier alpha value is -0.300. The number of hydrogen-bond donors (Lipinski definition) is 2. The SMILES string of the molecule is CC(C)(Br)C(=O)NCC(O)C(F)(F)F. The third kappa shape index (κ3) is 4.80. The number of amides is 1. The average molecular weight is 278 g/mol. The minimum absolute atomic E-state index is 0.610. The summed E-state index contributed by atoms with van der Waals surface area (Å²) in [5.74, 6) is -0.610. The van der Waals surface area contributed by atoms with Crippen molar-refractivity contribution in [2.24, 2.45) is 0 Å². The molecule has 0 saturated heterocycles. The zero-order chi connectivity index (χ0) is 11.6. The maximum atomic E-state index is 11.8. The number of aliphatic hydroxyl groups is 1. The highest BCUT2D eigenvalue weighted by Crippen LogP contribution is 2.20. The molecule has 1 unspecified atom stereocenters. The fourth-order valence-corrected chi connectivity index (χ4v) is 0.655. The van der Waals surface area contributed by atoms with Gasteiger partial charge in [0.25, 0.3) is 0 Å². The molecule has 7 heteroatoms. The topological polar surface area (TPSA) is 49.3 Å². The predicted molar refractivity (Wildman–Crippen MR) is 48.1 cm³/mol. The van der Waals surface area contributed by atoms with E-state index < -0.39 is 29.1 Å². The number of alkyl halides is 4. The summed E-state index contributed by atoms with van der Waals surface area (Å²) in [5, 5.41) is 10.5. The first-order valence-electron chi connectivity index (χ1n) is 3.77. The molecule has 0 aromatic rings. The molecule has 2 N–H and O–H groups in total. The molecule has 0 aliphatic rings. The second-order valence-electron chi connectivity index (χ2n) is 3.24. The Morgan fingerprint density at radius 2 is 1.93 bits per heavy atom. The Morgan fingerprint density at radius 3 is 2.21 bits per heavy atom. The molecule has 3 nitrogen and oxygen atoms in total. The van der Waals surface area contributed by atoms with Gasteiger partial charge in [-0.3, -0.25) is 4.79 Å². The van der Waals surface area contributed by atoms with E-state index in [-0.39, 0.29) is 0 Å². The highest BCUT2D eigenvalue weighted by atomic mass is 79.9. The standard InChI is InChI=1S/C7H11BrF3NO2/c1-6(2,8)5(14)12-3-4(13)7(9,10)11/h4,13H,3H2,1-2H3,(H,12,14). The lowest BCUT2D eigenvalue weighted by Crippen LogP contribution is -2.45. The van der Waals surface area contributed by atoms with E-state index in [0.717, 1.165) is 0 Å². The number of hydrogen-bond acceptors (Lipinski definition) is 2. The Labute approximate surface area is 87.8 Å². The molecule has 14 heavy (non-hydrogen) atoms. The lowest BCUT2D eigenvalue weighted by Gasteiger charge is -2.19. The van der Waals surface area contributed by atoms with E-state index in [1.165, 1.54) is 13.8 Å². The fourth-order valence-electron chi connectivity index (χ4n) is 0.515. The first-order chi connectivity index (χ1) is 6.05. The van der Waals surface area contributed by atoms with Crippen molar-refractivity contribution in [3.8, 4) is 0 Å². The molecule has 0 aliphatic heterocycles. The molecule has 0 bridgehead atoms. The molecule has 0 aliphatic carbocycles. The van der Waals surface area contributed by atoms with Gasteiger partial charge in [-0.05, 0) is 13.8 Å². The fraction of sp³-hybridized carbons (Fsp3) is 0.857. The minimum Gasteiger partial charge on any atom is -0.382 e. The summed E-state index contributed by atoms with van der Waals surface area (Å²) >= 11 is 2.97. The predicted octanol–water partition coefficient (Wildman–Crippen LogP) is 1.20. The summed E-state index contributed by atoms with van der Waals surface area (Å²) in [4.78, 5) is 11.1.